The number of amides is 4. The van der Waals surface area contributed by atoms with E-state index >= 15 is 0 Å². The quantitative estimate of drug-likeness (QED) is 0.0326. The first-order chi connectivity index (χ1) is 39.0. The molecule has 0 radical (unpaired) electrons. The number of piperidine rings is 2. The van der Waals surface area contributed by atoms with Crippen molar-refractivity contribution in [2.45, 2.75) is 98.3 Å². The summed E-state index contributed by atoms with van der Waals surface area (Å²) in [5.74, 6) is 1.27. The zero-order valence-electron chi connectivity index (χ0n) is 46.0. The molecule has 4 atom stereocenters. The highest BCUT2D eigenvalue weighted by molar-refractivity contribution is 7.89. The second kappa shape index (κ2) is 31.7. The Balaban J connectivity index is 0.565. The lowest BCUT2D eigenvalue weighted by atomic mass is 10.0. The molecule has 8 rings (SSSR count). The molecule has 2 heterocycles. The fourth-order valence-corrected chi connectivity index (χ4v) is 12.8. The predicted molar refractivity (Wildman–Crippen MR) is 304 cm³/mol. The van der Waals surface area contributed by atoms with Crippen LogP contribution in [0.4, 0.5) is 9.59 Å². The molecule has 0 aromatic heterocycles. The maximum absolute atomic E-state index is 13.0. The average Bonchev–Trinajstić information content (AvgIpc) is 4.14. The van der Waals surface area contributed by atoms with E-state index in [1.165, 1.54) is 60.8 Å². The number of carbonyl (C=O) groups excluding carboxylic acids is 2. The zero-order valence-corrected chi connectivity index (χ0v) is 47.6. The highest BCUT2D eigenvalue weighted by Crippen LogP contribution is 2.40. The molecule has 4 aliphatic rings. The van der Waals surface area contributed by atoms with Crippen LogP contribution in [0.2, 0.25) is 0 Å². The number of urea groups is 2. The Bertz CT molecular complexity index is 2560. The van der Waals surface area contributed by atoms with Gasteiger partial charge in [-0.05, 0) is 148 Å². The van der Waals surface area contributed by atoms with Crippen LogP contribution < -0.4 is 40.2 Å². The minimum Gasteiger partial charge on any atom is -0.484 e. The number of benzene rings is 4. The van der Waals surface area contributed by atoms with Gasteiger partial charge in [0, 0.05) is 39.3 Å². The van der Waals surface area contributed by atoms with E-state index in [-0.39, 0.29) is 112 Å². The third kappa shape index (κ3) is 18.6. The van der Waals surface area contributed by atoms with E-state index in [0.717, 1.165) is 39.0 Å². The topological polar surface area (TPSA) is 236 Å². The first kappa shape index (κ1) is 60.7. The normalized spacial score (nSPS) is 19.4. The molecule has 2 saturated heterocycles. The van der Waals surface area contributed by atoms with E-state index in [1.807, 2.05) is 12.1 Å². The maximum atomic E-state index is 13.0. The smallest absolute Gasteiger partial charge is 0.314 e. The van der Waals surface area contributed by atoms with E-state index < -0.39 is 20.0 Å². The van der Waals surface area contributed by atoms with Gasteiger partial charge in [-0.1, -0.05) is 61.4 Å². The largest absolute Gasteiger partial charge is 0.484 e. The Hall–Kier alpha value is -5.40. The van der Waals surface area contributed by atoms with Crippen molar-refractivity contribution in [3.63, 3.8) is 0 Å². The number of hydrogen-bond acceptors (Lipinski definition) is 14. The molecular weight excluding hydrogens is 1060 g/mol. The lowest BCUT2D eigenvalue weighted by molar-refractivity contribution is 0.0516. The van der Waals surface area contributed by atoms with E-state index in [2.05, 4.69) is 76.9 Å². The van der Waals surface area contributed by atoms with Crippen molar-refractivity contribution < 1.29 is 54.8 Å². The van der Waals surface area contributed by atoms with Crippen LogP contribution in [0, 0.1) is 0 Å². The summed E-state index contributed by atoms with van der Waals surface area (Å²) in [4.78, 5) is 29.6. The lowest BCUT2D eigenvalue weighted by Gasteiger charge is -2.35. The number of rotatable bonds is 33. The van der Waals surface area contributed by atoms with E-state index in [9.17, 15) is 26.4 Å². The van der Waals surface area contributed by atoms with Gasteiger partial charge in [-0.25, -0.2) is 35.9 Å². The molecule has 20 nitrogen and oxygen atoms in total. The molecule has 22 heteroatoms. The van der Waals surface area contributed by atoms with Crippen LogP contribution in [-0.4, -0.2) is 169 Å². The number of likely N-dealkylation sites (tertiary alicyclic amines) is 2. The summed E-state index contributed by atoms with van der Waals surface area (Å²) in [6.45, 7) is 7.94. The number of unbranched alkanes of at least 4 members (excludes halogenated alkanes) is 1. The van der Waals surface area contributed by atoms with Crippen LogP contribution in [0.5, 0.6) is 11.5 Å². The first-order valence-electron chi connectivity index (χ1n) is 28.5. The minimum atomic E-state index is -3.74. The molecule has 0 saturated carbocycles. The number of fused-ring (bicyclic) bond motifs is 2. The van der Waals surface area contributed by atoms with Gasteiger partial charge < -0.3 is 49.7 Å². The number of hydrogen-bond donors (Lipinski definition) is 6. The summed E-state index contributed by atoms with van der Waals surface area (Å²) >= 11 is 0. The number of nitrogens with one attached hydrogen (secondary N) is 6. The Morgan fingerprint density at radius 1 is 0.425 bits per heavy atom. The summed E-state index contributed by atoms with van der Waals surface area (Å²) < 4.78 is 92.2. The van der Waals surface area contributed by atoms with Crippen molar-refractivity contribution in [2.75, 3.05) is 118 Å². The van der Waals surface area contributed by atoms with Gasteiger partial charge in [0.25, 0.3) is 0 Å². The molecule has 4 aromatic rings. The van der Waals surface area contributed by atoms with Crippen molar-refractivity contribution in [1.82, 2.24) is 40.5 Å². The number of nitrogens with zero attached hydrogens (tertiary/aromatic N) is 2. The lowest BCUT2D eigenvalue weighted by Crippen LogP contribution is -2.43. The van der Waals surface area contributed by atoms with Crippen LogP contribution >= 0.6 is 0 Å². The molecule has 2 unspecified atom stereocenters. The van der Waals surface area contributed by atoms with Gasteiger partial charge in [-0.15, -0.1) is 0 Å². The molecule has 2 fully saturated rings. The van der Waals surface area contributed by atoms with Crippen LogP contribution in [0.1, 0.15) is 85.8 Å². The summed E-state index contributed by atoms with van der Waals surface area (Å²) in [5.41, 5.74) is 5.02. The highest BCUT2D eigenvalue weighted by Gasteiger charge is 2.40. The van der Waals surface area contributed by atoms with Gasteiger partial charge in [0.15, 0.2) is 0 Å². The Labute approximate surface area is 472 Å². The van der Waals surface area contributed by atoms with Gasteiger partial charge in [0.1, 0.15) is 23.7 Å². The molecule has 0 spiro atoms. The number of carbonyl (C=O) groups is 2. The average molecular weight is 1150 g/mol. The second-order valence-electron chi connectivity index (χ2n) is 20.5. The molecule has 2 aliphatic heterocycles. The van der Waals surface area contributed by atoms with Gasteiger partial charge in [-0.3, -0.25) is 9.80 Å². The highest BCUT2D eigenvalue weighted by atomic mass is 32.2. The minimum absolute atomic E-state index is 0.0990. The molecule has 438 valence electrons. The Morgan fingerprint density at radius 3 is 1.16 bits per heavy atom. The Morgan fingerprint density at radius 2 is 0.775 bits per heavy atom. The van der Waals surface area contributed by atoms with Crippen LogP contribution in [0.3, 0.4) is 0 Å². The number of ether oxygens (including phenoxy) is 6. The van der Waals surface area contributed by atoms with Crippen molar-refractivity contribution in [3.05, 3.63) is 119 Å². The third-order valence-electron chi connectivity index (χ3n) is 14.9. The molecule has 0 bridgehead atoms. The molecule has 4 amide bonds. The molecule has 6 N–H and O–H groups in total. The summed E-state index contributed by atoms with van der Waals surface area (Å²) in [5, 5.41) is 11.0. The first-order valence-corrected chi connectivity index (χ1v) is 31.5. The Kier molecular flexibility index (Phi) is 24.1. The van der Waals surface area contributed by atoms with E-state index in [1.54, 1.807) is 48.5 Å². The maximum Gasteiger partial charge on any atom is 0.314 e. The monoisotopic (exact) mass is 1150 g/mol. The van der Waals surface area contributed by atoms with E-state index in [0.29, 0.717) is 50.5 Å². The van der Waals surface area contributed by atoms with Crippen molar-refractivity contribution in [1.29, 1.82) is 0 Å². The second-order valence-corrected chi connectivity index (χ2v) is 24.0. The van der Waals surface area contributed by atoms with Crippen LogP contribution in [0.15, 0.2) is 107 Å². The van der Waals surface area contributed by atoms with Crippen molar-refractivity contribution >= 4 is 32.1 Å². The van der Waals surface area contributed by atoms with E-state index in [4.69, 9.17) is 28.4 Å². The third-order valence-corrected chi connectivity index (χ3v) is 17.8. The zero-order chi connectivity index (χ0) is 55.8. The van der Waals surface area contributed by atoms with Gasteiger partial charge in [0.05, 0.1) is 74.7 Å². The SMILES string of the molecule is O=C(NCCCCNC(=O)NCCOCCOCCNS(=O)(=O)c1ccc(O[C@H]2c3ccccc3CC2N2CCCCC2)cc1)NCCOCCOCCNS(=O)(=O)c1ccc(O[C@H]2c3ccccc3CC2N2CCCCC2)cc1. The summed E-state index contributed by atoms with van der Waals surface area (Å²) in [6.07, 6.45) is 10.3. The van der Waals surface area contributed by atoms with Crippen LogP contribution in [-0.2, 0) is 51.8 Å². The predicted octanol–water partition coefficient (Wildman–Crippen LogP) is 5.45. The molecule has 80 heavy (non-hydrogen) atoms. The standard InChI is InChI=1S/C58H82N8O12S2/c67-57(61-27-35-73-39-41-75-37-29-63-79(69,70)49-21-17-47(18-22-49)77-55-51-15-5-3-13-45(51)43-53(55)65-31-9-1-10-32-65)59-25-7-8-26-60-58(68)62-28-36-74-40-42-76-38-30-64-80(71,72)50-23-19-48(20-24-50)78-56-52-16-6-4-14-46(52)44-54(56)66-33-11-2-12-34-66/h3-6,13-24,53-56,63-64H,1-2,7-12,25-44H2,(H2,59,61,67)(H2,60,62,68)/t53?,54?,55-,56-/m0/s1. The van der Waals surface area contributed by atoms with Gasteiger partial charge >= 0.3 is 12.1 Å². The molecule has 2 aliphatic carbocycles. The van der Waals surface area contributed by atoms with Crippen molar-refractivity contribution in [2.24, 2.45) is 0 Å². The summed E-state index contributed by atoms with van der Waals surface area (Å²) in [6, 6.07) is 29.9. The van der Waals surface area contributed by atoms with Crippen molar-refractivity contribution in [3.8, 4) is 11.5 Å². The summed E-state index contributed by atoms with van der Waals surface area (Å²) in [7, 11) is -7.48. The van der Waals surface area contributed by atoms with Gasteiger partial charge in [0.2, 0.25) is 20.0 Å². The fourth-order valence-electron chi connectivity index (χ4n) is 10.7. The molecule has 4 aromatic carbocycles. The van der Waals surface area contributed by atoms with Gasteiger partial charge in [-0.2, -0.15) is 0 Å². The molecular formula is C58H82N8O12S2. The fraction of sp³-hybridized carbons (Fsp3) is 0.552. The van der Waals surface area contributed by atoms with Crippen LogP contribution in [0.25, 0.3) is 0 Å². The number of sulfonamides is 2.